The molecule has 118 valence electrons. The SMILES string of the molecule is Cn1nc(-c2ccccc2)c2cc(-c3c(F)cccc3F)ccc21. The van der Waals surface area contributed by atoms with E-state index in [0.29, 0.717) is 5.56 Å². The number of benzene rings is 3. The maximum Gasteiger partial charge on any atom is 0.133 e. The molecule has 0 unspecified atom stereocenters. The summed E-state index contributed by atoms with van der Waals surface area (Å²) in [5.74, 6) is -1.14. The van der Waals surface area contributed by atoms with Crippen molar-refractivity contribution in [3.8, 4) is 22.4 Å². The number of rotatable bonds is 2. The summed E-state index contributed by atoms with van der Waals surface area (Å²) in [6.45, 7) is 0. The number of hydrogen-bond donors (Lipinski definition) is 0. The number of hydrogen-bond acceptors (Lipinski definition) is 1. The first kappa shape index (κ1) is 14.6. The quantitative estimate of drug-likeness (QED) is 0.497. The van der Waals surface area contributed by atoms with Gasteiger partial charge in [-0.05, 0) is 29.8 Å². The van der Waals surface area contributed by atoms with Gasteiger partial charge in [0.05, 0.1) is 11.1 Å². The zero-order valence-electron chi connectivity index (χ0n) is 13.0. The minimum Gasteiger partial charge on any atom is -0.267 e. The molecule has 0 amide bonds. The predicted molar refractivity (Wildman–Crippen MR) is 91.5 cm³/mol. The largest absolute Gasteiger partial charge is 0.267 e. The Labute approximate surface area is 138 Å². The highest BCUT2D eigenvalue weighted by Gasteiger charge is 2.15. The van der Waals surface area contributed by atoms with Gasteiger partial charge in [-0.15, -0.1) is 0 Å². The number of halogens is 2. The summed E-state index contributed by atoms with van der Waals surface area (Å²) in [5.41, 5.74) is 3.17. The van der Waals surface area contributed by atoms with E-state index < -0.39 is 11.6 Å². The van der Waals surface area contributed by atoms with Gasteiger partial charge in [0.2, 0.25) is 0 Å². The van der Waals surface area contributed by atoms with Gasteiger partial charge < -0.3 is 0 Å². The molecule has 4 heteroatoms. The van der Waals surface area contributed by atoms with Crippen molar-refractivity contribution in [2.24, 2.45) is 7.05 Å². The number of nitrogens with zero attached hydrogens (tertiary/aromatic N) is 2. The van der Waals surface area contributed by atoms with E-state index in [0.717, 1.165) is 22.2 Å². The van der Waals surface area contributed by atoms with Crippen LogP contribution in [0, 0.1) is 11.6 Å². The molecule has 3 aromatic carbocycles. The Bertz CT molecular complexity index is 1020. The third kappa shape index (κ3) is 2.27. The van der Waals surface area contributed by atoms with E-state index in [1.807, 2.05) is 43.4 Å². The van der Waals surface area contributed by atoms with E-state index in [1.54, 1.807) is 16.8 Å². The van der Waals surface area contributed by atoms with Gasteiger partial charge in [0, 0.05) is 18.0 Å². The van der Waals surface area contributed by atoms with Crippen LogP contribution < -0.4 is 0 Å². The molecule has 0 aliphatic carbocycles. The number of aromatic nitrogens is 2. The fraction of sp³-hybridized carbons (Fsp3) is 0.0500. The predicted octanol–water partition coefficient (Wildman–Crippen LogP) is 5.19. The average molecular weight is 320 g/mol. The van der Waals surface area contributed by atoms with Gasteiger partial charge in [-0.25, -0.2) is 8.78 Å². The molecule has 24 heavy (non-hydrogen) atoms. The Kier molecular flexibility index (Phi) is 3.38. The molecule has 0 atom stereocenters. The monoisotopic (exact) mass is 320 g/mol. The molecular formula is C20H14F2N2. The summed E-state index contributed by atoms with van der Waals surface area (Å²) in [7, 11) is 1.86. The van der Waals surface area contributed by atoms with Crippen molar-refractivity contribution in [2.75, 3.05) is 0 Å². The molecule has 0 aliphatic heterocycles. The molecule has 0 saturated carbocycles. The Morgan fingerprint density at radius 3 is 2.21 bits per heavy atom. The Balaban J connectivity index is 1.99. The van der Waals surface area contributed by atoms with Crippen LogP contribution in [0.2, 0.25) is 0 Å². The van der Waals surface area contributed by atoms with E-state index in [4.69, 9.17) is 0 Å². The van der Waals surface area contributed by atoms with Gasteiger partial charge >= 0.3 is 0 Å². The third-order valence-electron chi connectivity index (χ3n) is 4.15. The van der Waals surface area contributed by atoms with Crippen LogP contribution in [0.5, 0.6) is 0 Å². The second-order valence-electron chi connectivity index (χ2n) is 5.67. The maximum absolute atomic E-state index is 14.1. The van der Waals surface area contributed by atoms with Crippen molar-refractivity contribution in [3.05, 3.63) is 78.4 Å². The Morgan fingerprint density at radius 1 is 0.792 bits per heavy atom. The summed E-state index contributed by atoms with van der Waals surface area (Å²) in [6.07, 6.45) is 0. The molecule has 0 radical (unpaired) electrons. The van der Waals surface area contributed by atoms with Crippen LogP contribution in [0.25, 0.3) is 33.3 Å². The number of fused-ring (bicyclic) bond motifs is 1. The lowest BCUT2D eigenvalue weighted by molar-refractivity contribution is 0.589. The van der Waals surface area contributed by atoms with Crippen LogP contribution in [0.4, 0.5) is 8.78 Å². The van der Waals surface area contributed by atoms with Crippen LogP contribution in [0.3, 0.4) is 0 Å². The standard InChI is InChI=1S/C20H14F2N2/c1-24-18-11-10-14(19-16(21)8-5-9-17(19)22)12-15(18)20(23-24)13-6-3-2-4-7-13/h2-12H,1H3. The van der Waals surface area contributed by atoms with Crippen molar-refractivity contribution >= 4 is 10.9 Å². The maximum atomic E-state index is 14.1. The van der Waals surface area contributed by atoms with E-state index in [1.165, 1.54) is 18.2 Å². The molecule has 0 bridgehead atoms. The minimum atomic E-state index is -0.570. The summed E-state index contributed by atoms with van der Waals surface area (Å²) in [5, 5.41) is 5.43. The fourth-order valence-electron chi connectivity index (χ4n) is 3.00. The van der Waals surface area contributed by atoms with Gasteiger partial charge in [0.15, 0.2) is 0 Å². The molecule has 2 nitrogen and oxygen atoms in total. The van der Waals surface area contributed by atoms with Crippen molar-refractivity contribution < 1.29 is 8.78 Å². The first-order valence-electron chi connectivity index (χ1n) is 7.62. The topological polar surface area (TPSA) is 17.8 Å². The van der Waals surface area contributed by atoms with E-state index in [9.17, 15) is 8.78 Å². The summed E-state index contributed by atoms with van der Waals surface area (Å²) >= 11 is 0. The van der Waals surface area contributed by atoms with Gasteiger partial charge in [0.25, 0.3) is 0 Å². The molecule has 0 saturated heterocycles. The molecule has 0 spiro atoms. The highest BCUT2D eigenvalue weighted by molar-refractivity contribution is 5.96. The zero-order chi connectivity index (χ0) is 16.7. The van der Waals surface area contributed by atoms with Gasteiger partial charge in [-0.3, -0.25) is 4.68 Å². The van der Waals surface area contributed by atoms with Crippen molar-refractivity contribution in [1.82, 2.24) is 9.78 Å². The molecule has 0 fully saturated rings. The molecule has 0 N–H and O–H groups in total. The first-order valence-corrected chi connectivity index (χ1v) is 7.62. The van der Waals surface area contributed by atoms with Gasteiger partial charge in [0.1, 0.15) is 17.3 Å². The van der Waals surface area contributed by atoms with E-state index in [2.05, 4.69) is 5.10 Å². The average Bonchev–Trinajstić information content (AvgIpc) is 2.92. The Hall–Kier alpha value is -3.01. The number of aryl methyl sites for hydroxylation is 1. The summed E-state index contributed by atoms with van der Waals surface area (Å²) < 4.78 is 30.0. The smallest absolute Gasteiger partial charge is 0.133 e. The molecule has 1 aromatic heterocycles. The van der Waals surface area contributed by atoms with Crippen LogP contribution in [0.1, 0.15) is 0 Å². The molecular weight excluding hydrogens is 306 g/mol. The molecule has 4 rings (SSSR count). The fourth-order valence-corrected chi connectivity index (χ4v) is 3.00. The van der Waals surface area contributed by atoms with Gasteiger partial charge in [-0.1, -0.05) is 42.5 Å². The normalized spacial score (nSPS) is 11.1. The van der Waals surface area contributed by atoms with E-state index >= 15 is 0 Å². The highest BCUT2D eigenvalue weighted by atomic mass is 19.1. The minimum absolute atomic E-state index is 0.0118. The lowest BCUT2D eigenvalue weighted by atomic mass is 10.0. The Morgan fingerprint density at radius 2 is 1.50 bits per heavy atom. The van der Waals surface area contributed by atoms with Crippen LogP contribution in [-0.4, -0.2) is 9.78 Å². The first-order chi connectivity index (χ1) is 11.6. The second kappa shape index (κ2) is 5.57. The lowest BCUT2D eigenvalue weighted by Crippen LogP contribution is -1.91. The molecule has 0 aliphatic rings. The highest BCUT2D eigenvalue weighted by Crippen LogP contribution is 2.33. The zero-order valence-corrected chi connectivity index (χ0v) is 13.0. The van der Waals surface area contributed by atoms with Crippen LogP contribution in [0.15, 0.2) is 66.7 Å². The van der Waals surface area contributed by atoms with Crippen LogP contribution >= 0.6 is 0 Å². The second-order valence-corrected chi connectivity index (χ2v) is 5.67. The molecule has 4 aromatic rings. The summed E-state index contributed by atoms with van der Waals surface area (Å²) in [4.78, 5) is 0. The van der Waals surface area contributed by atoms with E-state index in [-0.39, 0.29) is 5.56 Å². The van der Waals surface area contributed by atoms with Crippen molar-refractivity contribution in [3.63, 3.8) is 0 Å². The summed E-state index contributed by atoms with van der Waals surface area (Å²) in [6, 6.07) is 19.0. The molecule has 1 heterocycles. The van der Waals surface area contributed by atoms with Gasteiger partial charge in [-0.2, -0.15) is 5.10 Å². The lowest BCUT2D eigenvalue weighted by Gasteiger charge is -2.06. The third-order valence-corrected chi connectivity index (χ3v) is 4.15. The van der Waals surface area contributed by atoms with Crippen LogP contribution in [-0.2, 0) is 7.05 Å². The van der Waals surface area contributed by atoms with Crippen molar-refractivity contribution in [2.45, 2.75) is 0 Å². The van der Waals surface area contributed by atoms with Crippen molar-refractivity contribution in [1.29, 1.82) is 0 Å².